The molecular weight excluding hydrogens is 248 g/mol. The van der Waals surface area contributed by atoms with Crippen LogP contribution in [0.5, 0.6) is 0 Å². The molecule has 3 heteroatoms. The first-order valence-electron chi connectivity index (χ1n) is 7.62. The molecule has 110 valence electrons. The van der Waals surface area contributed by atoms with Gasteiger partial charge in [0, 0.05) is 19.6 Å². The molecule has 1 aromatic rings. The number of urea groups is 1. The molecule has 2 amide bonds. The lowest BCUT2D eigenvalue weighted by Crippen LogP contribution is -2.43. The number of benzene rings is 1. The molecule has 0 saturated heterocycles. The summed E-state index contributed by atoms with van der Waals surface area (Å²) in [5, 5.41) is 3.01. The lowest BCUT2D eigenvalue weighted by atomic mass is 9.93. The fourth-order valence-corrected chi connectivity index (χ4v) is 2.51. The van der Waals surface area contributed by atoms with Crippen LogP contribution in [0, 0.1) is 5.92 Å². The molecular formula is C17H26N2O. The van der Waals surface area contributed by atoms with Gasteiger partial charge in [0.1, 0.15) is 0 Å². The molecule has 20 heavy (non-hydrogen) atoms. The van der Waals surface area contributed by atoms with Crippen molar-refractivity contribution in [2.45, 2.75) is 46.6 Å². The number of rotatable bonds is 3. The van der Waals surface area contributed by atoms with Crippen LogP contribution >= 0.6 is 0 Å². The highest BCUT2D eigenvalue weighted by Crippen LogP contribution is 2.24. The van der Waals surface area contributed by atoms with Crippen molar-refractivity contribution in [3.8, 4) is 0 Å². The summed E-state index contributed by atoms with van der Waals surface area (Å²) in [6.45, 7) is 10.9. The molecule has 0 unspecified atom stereocenters. The number of carbonyl (C=O) groups is 1. The summed E-state index contributed by atoms with van der Waals surface area (Å²) in [5.41, 5.74) is 4.05. The summed E-state index contributed by atoms with van der Waals surface area (Å²) >= 11 is 0. The van der Waals surface area contributed by atoms with Crippen LogP contribution < -0.4 is 5.32 Å². The van der Waals surface area contributed by atoms with Crippen LogP contribution in [0.2, 0.25) is 0 Å². The number of nitrogens with one attached hydrogen (secondary N) is 1. The summed E-state index contributed by atoms with van der Waals surface area (Å²) in [5.74, 6) is 1.02. The van der Waals surface area contributed by atoms with E-state index in [1.54, 1.807) is 0 Å². The first-order chi connectivity index (χ1) is 9.47. The molecule has 1 aliphatic rings. The maximum absolute atomic E-state index is 12.1. The van der Waals surface area contributed by atoms with Gasteiger partial charge in [0.25, 0.3) is 0 Å². The second-order valence-corrected chi connectivity index (χ2v) is 6.43. The Morgan fingerprint density at radius 1 is 1.25 bits per heavy atom. The zero-order valence-electron chi connectivity index (χ0n) is 13.1. The average Bonchev–Trinajstić information content (AvgIpc) is 2.43. The van der Waals surface area contributed by atoms with Crippen molar-refractivity contribution in [1.82, 2.24) is 10.2 Å². The molecule has 1 aromatic carbocycles. The second-order valence-electron chi connectivity index (χ2n) is 6.43. The van der Waals surface area contributed by atoms with Crippen LogP contribution in [0.25, 0.3) is 0 Å². The number of hydrogen-bond donors (Lipinski definition) is 1. The van der Waals surface area contributed by atoms with Gasteiger partial charge in [-0.2, -0.15) is 0 Å². The van der Waals surface area contributed by atoms with Crippen molar-refractivity contribution in [1.29, 1.82) is 0 Å². The van der Waals surface area contributed by atoms with Gasteiger partial charge < -0.3 is 10.2 Å². The summed E-state index contributed by atoms with van der Waals surface area (Å²) in [6, 6.07) is 6.78. The Balaban J connectivity index is 2.05. The number of hydrogen-bond acceptors (Lipinski definition) is 1. The highest BCUT2D eigenvalue weighted by atomic mass is 16.2. The van der Waals surface area contributed by atoms with Gasteiger partial charge in [-0.05, 0) is 34.9 Å². The predicted octanol–water partition coefficient (Wildman–Crippen LogP) is 3.53. The zero-order valence-corrected chi connectivity index (χ0v) is 13.1. The van der Waals surface area contributed by atoms with Crippen molar-refractivity contribution in [2.24, 2.45) is 5.92 Å². The SMILES string of the molecule is CC(C)CNC(=O)N1CCc2ccc(C(C)C)cc2C1. The molecule has 0 bridgehead atoms. The lowest BCUT2D eigenvalue weighted by molar-refractivity contribution is 0.191. The van der Waals surface area contributed by atoms with Crippen LogP contribution in [0.4, 0.5) is 4.79 Å². The number of fused-ring (bicyclic) bond motifs is 1. The minimum absolute atomic E-state index is 0.0688. The molecule has 1 N–H and O–H groups in total. The van der Waals surface area contributed by atoms with Crippen LogP contribution in [0.3, 0.4) is 0 Å². The van der Waals surface area contributed by atoms with Crippen molar-refractivity contribution in [3.63, 3.8) is 0 Å². The molecule has 0 aromatic heterocycles. The van der Waals surface area contributed by atoms with Gasteiger partial charge in [-0.25, -0.2) is 4.79 Å². The van der Waals surface area contributed by atoms with E-state index in [1.807, 2.05) is 4.90 Å². The van der Waals surface area contributed by atoms with E-state index in [0.29, 0.717) is 11.8 Å². The highest BCUT2D eigenvalue weighted by molar-refractivity contribution is 5.74. The molecule has 1 aliphatic heterocycles. The van der Waals surface area contributed by atoms with Crippen molar-refractivity contribution < 1.29 is 4.79 Å². The molecule has 3 nitrogen and oxygen atoms in total. The van der Waals surface area contributed by atoms with Crippen LogP contribution in [0.15, 0.2) is 18.2 Å². The van der Waals surface area contributed by atoms with Crippen molar-refractivity contribution >= 4 is 6.03 Å². The summed E-state index contributed by atoms with van der Waals surface area (Å²) < 4.78 is 0. The zero-order chi connectivity index (χ0) is 14.7. The van der Waals surface area contributed by atoms with E-state index >= 15 is 0 Å². The van der Waals surface area contributed by atoms with E-state index < -0.39 is 0 Å². The van der Waals surface area contributed by atoms with E-state index in [4.69, 9.17) is 0 Å². The Hall–Kier alpha value is -1.51. The van der Waals surface area contributed by atoms with Gasteiger partial charge in [0.2, 0.25) is 0 Å². The molecule has 2 rings (SSSR count). The third-order valence-corrected chi connectivity index (χ3v) is 3.86. The third kappa shape index (κ3) is 3.53. The Morgan fingerprint density at radius 2 is 2.00 bits per heavy atom. The first-order valence-corrected chi connectivity index (χ1v) is 7.62. The highest BCUT2D eigenvalue weighted by Gasteiger charge is 2.21. The molecule has 0 fully saturated rings. The number of amides is 2. The summed E-state index contributed by atoms with van der Waals surface area (Å²) in [7, 11) is 0. The van der Waals surface area contributed by atoms with Crippen LogP contribution in [-0.4, -0.2) is 24.0 Å². The number of nitrogens with zero attached hydrogens (tertiary/aromatic N) is 1. The van der Waals surface area contributed by atoms with Gasteiger partial charge in [0.05, 0.1) is 0 Å². The second kappa shape index (κ2) is 6.29. The molecule has 0 aliphatic carbocycles. The van der Waals surface area contributed by atoms with Gasteiger partial charge in [-0.1, -0.05) is 45.9 Å². The maximum Gasteiger partial charge on any atom is 0.317 e. The average molecular weight is 274 g/mol. The predicted molar refractivity (Wildman–Crippen MR) is 82.9 cm³/mol. The monoisotopic (exact) mass is 274 g/mol. The lowest BCUT2D eigenvalue weighted by Gasteiger charge is -2.30. The molecule has 1 heterocycles. The quantitative estimate of drug-likeness (QED) is 0.898. The maximum atomic E-state index is 12.1. The molecule has 0 atom stereocenters. The van der Waals surface area contributed by atoms with E-state index in [2.05, 4.69) is 51.2 Å². The Kier molecular flexibility index (Phi) is 4.69. The van der Waals surface area contributed by atoms with Gasteiger partial charge in [-0.15, -0.1) is 0 Å². The minimum Gasteiger partial charge on any atom is -0.338 e. The third-order valence-electron chi connectivity index (χ3n) is 3.86. The van der Waals surface area contributed by atoms with E-state index in [1.165, 1.54) is 16.7 Å². The fourth-order valence-electron chi connectivity index (χ4n) is 2.51. The summed E-state index contributed by atoms with van der Waals surface area (Å²) in [6.07, 6.45) is 0.961. The van der Waals surface area contributed by atoms with Gasteiger partial charge in [-0.3, -0.25) is 0 Å². The number of carbonyl (C=O) groups excluding carboxylic acids is 1. The van der Waals surface area contributed by atoms with E-state index in [-0.39, 0.29) is 6.03 Å². The van der Waals surface area contributed by atoms with Gasteiger partial charge >= 0.3 is 6.03 Å². The Morgan fingerprint density at radius 3 is 2.65 bits per heavy atom. The van der Waals surface area contributed by atoms with Crippen molar-refractivity contribution in [3.05, 3.63) is 34.9 Å². The smallest absolute Gasteiger partial charge is 0.317 e. The largest absolute Gasteiger partial charge is 0.338 e. The molecule has 0 radical (unpaired) electrons. The summed E-state index contributed by atoms with van der Waals surface area (Å²) in [4.78, 5) is 14.1. The standard InChI is InChI=1S/C17H26N2O/c1-12(2)10-18-17(20)19-8-7-14-5-6-15(13(3)4)9-16(14)11-19/h5-6,9,12-13H,7-8,10-11H2,1-4H3,(H,18,20). The molecule has 0 saturated carbocycles. The van der Waals surface area contributed by atoms with Gasteiger partial charge in [0.15, 0.2) is 0 Å². The Bertz CT molecular complexity index is 480. The fraction of sp³-hybridized carbons (Fsp3) is 0.588. The van der Waals surface area contributed by atoms with Crippen molar-refractivity contribution in [2.75, 3.05) is 13.1 Å². The molecule has 0 spiro atoms. The normalized spacial score (nSPS) is 14.6. The van der Waals surface area contributed by atoms with E-state index in [0.717, 1.165) is 26.1 Å². The van der Waals surface area contributed by atoms with E-state index in [9.17, 15) is 4.79 Å². The minimum atomic E-state index is 0.0688. The van der Waals surface area contributed by atoms with Crippen LogP contribution in [0.1, 0.15) is 50.3 Å². The topological polar surface area (TPSA) is 32.3 Å². The van der Waals surface area contributed by atoms with Crippen LogP contribution in [-0.2, 0) is 13.0 Å². The Labute approximate surface area is 122 Å². The first kappa shape index (κ1) is 14.9.